The Kier molecular flexibility index (Phi) is 7.20. The topological polar surface area (TPSA) is 80.9 Å². The number of halogens is 1. The number of hydrogen-bond acceptors (Lipinski definition) is 5. The average Bonchev–Trinajstić information content (AvgIpc) is 2.65. The fraction of sp³-hybridized carbons (Fsp3) is 0.667. The molecule has 0 fully saturated rings. The van der Waals surface area contributed by atoms with E-state index in [-0.39, 0.29) is 24.2 Å². The van der Waals surface area contributed by atoms with Crippen molar-refractivity contribution in [3.05, 3.63) is 5.01 Å². The van der Waals surface area contributed by atoms with Gasteiger partial charge in [-0.2, -0.15) is 0 Å². The molecule has 1 amide bonds. The lowest BCUT2D eigenvalue weighted by Crippen LogP contribution is -2.26. The molecular formula is C9H17ClN4OS. The highest BCUT2D eigenvalue weighted by atomic mass is 35.5. The highest BCUT2D eigenvalue weighted by Gasteiger charge is 2.13. The maximum atomic E-state index is 11.5. The minimum atomic E-state index is -0.191. The molecule has 0 radical (unpaired) electrons. The number of nitrogens with zero attached hydrogens (tertiary/aromatic N) is 2. The molecule has 1 unspecified atom stereocenters. The normalized spacial score (nSPS) is 11.7. The van der Waals surface area contributed by atoms with E-state index in [1.165, 1.54) is 11.3 Å². The minimum Gasteiger partial charge on any atom is -0.330 e. The van der Waals surface area contributed by atoms with Crippen LogP contribution < -0.4 is 11.1 Å². The third kappa shape index (κ3) is 4.42. The summed E-state index contributed by atoms with van der Waals surface area (Å²) in [6.07, 6.45) is 1.93. The Morgan fingerprint density at radius 2 is 2.25 bits per heavy atom. The molecule has 0 spiro atoms. The van der Waals surface area contributed by atoms with Crippen molar-refractivity contribution >= 4 is 34.8 Å². The zero-order valence-electron chi connectivity index (χ0n) is 9.40. The third-order valence-corrected chi connectivity index (χ3v) is 2.86. The molecule has 0 aliphatic rings. The van der Waals surface area contributed by atoms with E-state index in [1.807, 2.05) is 0 Å². The van der Waals surface area contributed by atoms with Crippen LogP contribution in [-0.2, 0) is 11.2 Å². The first kappa shape index (κ1) is 15.3. The predicted molar refractivity (Wildman–Crippen MR) is 68.0 cm³/mol. The molecule has 16 heavy (non-hydrogen) atoms. The van der Waals surface area contributed by atoms with Crippen molar-refractivity contribution in [3.8, 4) is 0 Å². The second kappa shape index (κ2) is 7.54. The van der Waals surface area contributed by atoms with Crippen LogP contribution in [0.2, 0.25) is 0 Å². The van der Waals surface area contributed by atoms with Crippen molar-refractivity contribution in [1.29, 1.82) is 0 Å². The highest BCUT2D eigenvalue weighted by molar-refractivity contribution is 7.15. The van der Waals surface area contributed by atoms with E-state index >= 15 is 0 Å². The van der Waals surface area contributed by atoms with Gasteiger partial charge in [0.2, 0.25) is 11.0 Å². The van der Waals surface area contributed by atoms with Gasteiger partial charge in [-0.05, 0) is 6.42 Å². The minimum absolute atomic E-state index is 0. The number of aryl methyl sites for hydroxylation is 1. The van der Waals surface area contributed by atoms with Gasteiger partial charge in [-0.15, -0.1) is 22.6 Å². The SMILES string of the molecule is CCCc1nnc(NC(=O)C(C)CN)s1.Cl. The lowest BCUT2D eigenvalue weighted by atomic mass is 10.2. The van der Waals surface area contributed by atoms with E-state index in [2.05, 4.69) is 22.4 Å². The van der Waals surface area contributed by atoms with Gasteiger partial charge in [-0.1, -0.05) is 25.2 Å². The summed E-state index contributed by atoms with van der Waals surface area (Å²) < 4.78 is 0. The van der Waals surface area contributed by atoms with Gasteiger partial charge in [0.15, 0.2) is 0 Å². The Balaban J connectivity index is 0.00000225. The van der Waals surface area contributed by atoms with Crippen molar-refractivity contribution in [1.82, 2.24) is 10.2 Å². The van der Waals surface area contributed by atoms with Crippen molar-refractivity contribution in [2.24, 2.45) is 11.7 Å². The van der Waals surface area contributed by atoms with Crippen LogP contribution in [0.3, 0.4) is 0 Å². The number of anilines is 1. The Morgan fingerprint density at radius 3 is 2.81 bits per heavy atom. The first-order valence-electron chi connectivity index (χ1n) is 5.00. The lowest BCUT2D eigenvalue weighted by Gasteiger charge is -2.05. The van der Waals surface area contributed by atoms with E-state index < -0.39 is 0 Å². The van der Waals surface area contributed by atoms with Gasteiger partial charge in [-0.25, -0.2) is 0 Å². The Labute approximate surface area is 105 Å². The summed E-state index contributed by atoms with van der Waals surface area (Å²) in [4.78, 5) is 11.5. The maximum absolute atomic E-state index is 11.5. The molecular weight excluding hydrogens is 248 g/mol. The molecule has 1 aromatic rings. The second-order valence-electron chi connectivity index (χ2n) is 3.38. The van der Waals surface area contributed by atoms with Crippen molar-refractivity contribution < 1.29 is 4.79 Å². The molecule has 0 saturated heterocycles. The summed E-state index contributed by atoms with van der Waals surface area (Å²) in [6, 6.07) is 0. The van der Waals surface area contributed by atoms with E-state index in [0.29, 0.717) is 11.7 Å². The maximum Gasteiger partial charge on any atom is 0.230 e. The second-order valence-corrected chi connectivity index (χ2v) is 4.44. The fourth-order valence-corrected chi connectivity index (χ4v) is 1.80. The third-order valence-electron chi connectivity index (χ3n) is 1.96. The first-order chi connectivity index (χ1) is 7.17. The van der Waals surface area contributed by atoms with Crippen LogP contribution in [0, 0.1) is 5.92 Å². The number of rotatable bonds is 5. The van der Waals surface area contributed by atoms with Gasteiger partial charge >= 0.3 is 0 Å². The molecule has 0 aromatic carbocycles. The number of carbonyl (C=O) groups excluding carboxylic acids is 1. The number of nitrogens with two attached hydrogens (primary N) is 1. The molecule has 0 aliphatic heterocycles. The molecule has 1 atom stereocenters. The zero-order valence-corrected chi connectivity index (χ0v) is 11.0. The van der Waals surface area contributed by atoms with Crippen LogP contribution in [0.25, 0.3) is 0 Å². The van der Waals surface area contributed by atoms with Gasteiger partial charge in [0.25, 0.3) is 0 Å². The summed E-state index contributed by atoms with van der Waals surface area (Å²) in [5, 5.41) is 12.1. The van der Waals surface area contributed by atoms with Crippen molar-refractivity contribution in [3.63, 3.8) is 0 Å². The van der Waals surface area contributed by atoms with Gasteiger partial charge in [0, 0.05) is 18.9 Å². The Morgan fingerprint density at radius 1 is 1.56 bits per heavy atom. The number of amides is 1. The van der Waals surface area contributed by atoms with E-state index in [4.69, 9.17) is 5.73 Å². The lowest BCUT2D eigenvalue weighted by molar-refractivity contribution is -0.119. The largest absolute Gasteiger partial charge is 0.330 e. The monoisotopic (exact) mass is 264 g/mol. The van der Waals surface area contributed by atoms with Crippen molar-refractivity contribution in [2.45, 2.75) is 26.7 Å². The Hall–Kier alpha value is -0.720. The summed E-state index contributed by atoms with van der Waals surface area (Å²) >= 11 is 1.42. The summed E-state index contributed by atoms with van der Waals surface area (Å²) in [5.74, 6) is -0.291. The van der Waals surface area contributed by atoms with Crippen LogP contribution in [0.4, 0.5) is 5.13 Å². The van der Waals surface area contributed by atoms with Gasteiger partial charge in [0.1, 0.15) is 5.01 Å². The number of nitrogens with one attached hydrogen (secondary N) is 1. The van der Waals surface area contributed by atoms with Gasteiger partial charge < -0.3 is 11.1 Å². The van der Waals surface area contributed by atoms with E-state index in [0.717, 1.165) is 17.8 Å². The van der Waals surface area contributed by atoms with Crippen molar-refractivity contribution in [2.75, 3.05) is 11.9 Å². The van der Waals surface area contributed by atoms with Crippen LogP contribution >= 0.6 is 23.7 Å². The zero-order chi connectivity index (χ0) is 11.3. The molecule has 7 heteroatoms. The van der Waals surface area contributed by atoms with Gasteiger partial charge in [-0.3, -0.25) is 4.79 Å². The number of carbonyl (C=O) groups is 1. The summed E-state index contributed by atoms with van der Waals surface area (Å²) in [7, 11) is 0. The van der Waals surface area contributed by atoms with Crippen LogP contribution in [0.1, 0.15) is 25.3 Å². The molecule has 0 aliphatic carbocycles. The summed E-state index contributed by atoms with van der Waals surface area (Å²) in [5.41, 5.74) is 5.39. The standard InChI is InChI=1S/C9H16N4OS.ClH/c1-3-4-7-12-13-9(15-7)11-8(14)6(2)5-10;/h6H,3-5,10H2,1-2H3,(H,11,13,14);1H. The predicted octanol–water partition coefficient (Wildman–Crippen LogP) is 1.45. The molecule has 1 heterocycles. The van der Waals surface area contributed by atoms with E-state index in [9.17, 15) is 4.79 Å². The van der Waals surface area contributed by atoms with Crippen LogP contribution in [0.5, 0.6) is 0 Å². The molecule has 92 valence electrons. The van der Waals surface area contributed by atoms with E-state index in [1.54, 1.807) is 6.92 Å². The van der Waals surface area contributed by atoms with Crippen LogP contribution in [-0.4, -0.2) is 22.6 Å². The number of hydrogen-bond donors (Lipinski definition) is 2. The molecule has 1 rings (SSSR count). The molecule has 0 saturated carbocycles. The quantitative estimate of drug-likeness (QED) is 0.843. The van der Waals surface area contributed by atoms with Crippen LogP contribution in [0.15, 0.2) is 0 Å². The Bertz CT molecular complexity index is 331. The molecule has 5 nitrogen and oxygen atoms in total. The first-order valence-corrected chi connectivity index (χ1v) is 5.82. The smallest absolute Gasteiger partial charge is 0.230 e. The number of aromatic nitrogens is 2. The summed E-state index contributed by atoms with van der Waals surface area (Å²) in [6.45, 7) is 4.20. The molecule has 3 N–H and O–H groups in total. The average molecular weight is 265 g/mol. The highest BCUT2D eigenvalue weighted by Crippen LogP contribution is 2.16. The molecule has 1 aromatic heterocycles. The molecule has 0 bridgehead atoms. The van der Waals surface area contributed by atoms with Gasteiger partial charge in [0.05, 0.1) is 0 Å². The fourth-order valence-electron chi connectivity index (χ4n) is 0.955.